The molecule has 1 heterocycles. The van der Waals surface area contributed by atoms with Gasteiger partial charge in [0.1, 0.15) is 17.1 Å². The van der Waals surface area contributed by atoms with E-state index < -0.39 is 5.97 Å². The number of carbonyl (C=O) groups is 2. The van der Waals surface area contributed by atoms with Crippen molar-refractivity contribution in [3.05, 3.63) is 41.7 Å². The molecule has 2 aromatic carbocycles. The van der Waals surface area contributed by atoms with Gasteiger partial charge >= 0.3 is 5.97 Å². The van der Waals surface area contributed by atoms with Crippen molar-refractivity contribution in [1.82, 2.24) is 5.32 Å². The molecule has 0 aliphatic heterocycles. The summed E-state index contributed by atoms with van der Waals surface area (Å²) in [5.74, 6) is 0.321. The van der Waals surface area contributed by atoms with Crippen LogP contribution >= 0.6 is 0 Å². The summed E-state index contributed by atoms with van der Waals surface area (Å²) in [6.45, 7) is 8.87. The Balaban J connectivity index is 2.30. The normalized spacial score (nSPS) is 11.7. The van der Waals surface area contributed by atoms with Gasteiger partial charge in [0, 0.05) is 28.6 Å². The first-order valence-electron chi connectivity index (χ1n) is 8.13. The summed E-state index contributed by atoms with van der Waals surface area (Å²) in [6, 6.07) is 9.20. The highest BCUT2D eigenvalue weighted by molar-refractivity contribution is 6.16. The van der Waals surface area contributed by atoms with Crippen LogP contribution in [0.5, 0.6) is 5.75 Å². The number of ether oxygens (including phenoxy) is 1. The fraction of sp³-hybridized carbons (Fsp3) is 0.300. The molecule has 25 heavy (non-hydrogen) atoms. The first-order chi connectivity index (χ1) is 11.7. The molecule has 0 bridgehead atoms. The van der Waals surface area contributed by atoms with Crippen LogP contribution in [-0.2, 0) is 4.79 Å². The van der Waals surface area contributed by atoms with E-state index in [1.54, 1.807) is 13.0 Å². The topological polar surface area (TPSA) is 68.5 Å². The minimum Gasteiger partial charge on any atom is -0.460 e. The molecule has 5 nitrogen and oxygen atoms in total. The van der Waals surface area contributed by atoms with Crippen molar-refractivity contribution < 1.29 is 18.7 Å². The molecule has 3 rings (SSSR count). The second-order valence-electron chi connectivity index (χ2n) is 7.13. The molecule has 0 aliphatic rings. The maximum absolute atomic E-state index is 12.7. The van der Waals surface area contributed by atoms with Crippen LogP contribution in [0.1, 0.15) is 43.8 Å². The average Bonchev–Trinajstić information content (AvgIpc) is 2.81. The van der Waals surface area contributed by atoms with E-state index in [1.165, 1.54) is 6.92 Å². The Morgan fingerprint density at radius 1 is 1.08 bits per heavy atom. The Morgan fingerprint density at radius 2 is 1.72 bits per heavy atom. The second kappa shape index (κ2) is 5.92. The van der Waals surface area contributed by atoms with E-state index in [0.717, 1.165) is 10.8 Å². The van der Waals surface area contributed by atoms with E-state index in [1.807, 2.05) is 45.0 Å². The van der Waals surface area contributed by atoms with Crippen LogP contribution in [0, 0.1) is 6.92 Å². The summed E-state index contributed by atoms with van der Waals surface area (Å²) in [4.78, 5) is 24.2. The first-order valence-corrected chi connectivity index (χ1v) is 8.13. The molecular formula is C20H21NO4. The molecule has 1 aromatic heterocycles. The van der Waals surface area contributed by atoms with Crippen LogP contribution in [0.3, 0.4) is 0 Å². The highest BCUT2D eigenvalue weighted by atomic mass is 16.5. The number of esters is 1. The predicted molar refractivity (Wildman–Crippen MR) is 97.0 cm³/mol. The molecule has 0 saturated carbocycles. The third-order valence-electron chi connectivity index (χ3n) is 3.80. The number of rotatable bonds is 2. The van der Waals surface area contributed by atoms with Crippen LogP contribution in [0.4, 0.5) is 0 Å². The number of furan rings is 1. The fourth-order valence-electron chi connectivity index (χ4n) is 2.93. The molecule has 5 heteroatoms. The molecule has 3 aromatic rings. The fourth-order valence-corrected chi connectivity index (χ4v) is 2.93. The van der Waals surface area contributed by atoms with Crippen molar-refractivity contribution in [2.45, 2.75) is 40.2 Å². The molecule has 0 unspecified atom stereocenters. The zero-order valence-corrected chi connectivity index (χ0v) is 15.0. The van der Waals surface area contributed by atoms with Gasteiger partial charge in [0.2, 0.25) is 0 Å². The molecule has 0 atom stereocenters. The van der Waals surface area contributed by atoms with Crippen LogP contribution < -0.4 is 10.1 Å². The van der Waals surface area contributed by atoms with Crippen molar-refractivity contribution in [2.75, 3.05) is 0 Å². The smallest absolute Gasteiger partial charge is 0.308 e. The second-order valence-corrected chi connectivity index (χ2v) is 7.13. The van der Waals surface area contributed by atoms with Gasteiger partial charge in [-0.05, 0) is 33.8 Å². The number of amides is 1. The highest BCUT2D eigenvalue weighted by Gasteiger charge is 2.24. The van der Waals surface area contributed by atoms with Gasteiger partial charge in [-0.3, -0.25) is 9.59 Å². The lowest BCUT2D eigenvalue weighted by molar-refractivity contribution is -0.131. The van der Waals surface area contributed by atoms with E-state index in [9.17, 15) is 9.59 Å². The summed E-state index contributed by atoms with van der Waals surface area (Å²) < 4.78 is 11.3. The lowest BCUT2D eigenvalue weighted by Crippen LogP contribution is -2.40. The summed E-state index contributed by atoms with van der Waals surface area (Å²) >= 11 is 0. The van der Waals surface area contributed by atoms with Crippen molar-refractivity contribution in [1.29, 1.82) is 0 Å². The van der Waals surface area contributed by atoms with Crippen molar-refractivity contribution in [2.24, 2.45) is 0 Å². The van der Waals surface area contributed by atoms with Gasteiger partial charge in [-0.25, -0.2) is 0 Å². The van der Waals surface area contributed by atoms with E-state index in [4.69, 9.17) is 9.15 Å². The molecule has 1 amide bonds. The number of hydrogen-bond acceptors (Lipinski definition) is 4. The number of fused-ring (bicyclic) bond motifs is 3. The Labute approximate surface area is 145 Å². The van der Waals surface area contributed by atoms with Crippen LogP contribution in [0.25, 0.3) is 21.7 Å². The Kier molecular flexibility index (Phi) is 4.03. The Morgan fingerprint density at radius 3 is 2.32 bits per heavy atom. The third-order valence-corrected chi connectivity index (χ3v) is 3.80. The zero-order valence-electron chi connectivity index (χ0n) is 15.0. The third kappa shape index (κ3) is 3.22. The van der Waals surface area contributed by atoms with Gasteiger partial charge in [0.05, 0.1) is 5.56 Å². The molecule has 130 valence electrons. The zero-order chi connectivity index (χ0) is 18.4. The van der Waals surface area contributed by atoms with Gasteiger partial charge in [0.25, 0.3) is 5.91 Å². The quantitative estimate of drug-likeness (QED) is 0.557. The number of aryl methyl sites for hydroxylation is 1. The van der Waals surface area contributed by atoms with Crippen LogP contribution in [0.2, 0.25) is 0 Å². The molecule has 0 aliphatic carbocycles. The number of carbonyl (C=O) groups excluding carboxylic acids is 2. The number of nitrogens with one attached hydrogen (secondary N) is 1. The van der Waals surface area contributed by atoms with Gasteiger partial charge in [0.15, 0.2) is 0 Å². The van der Waals surface area contributed by atoms with Gasteiger partial charge in [-0.15, -0.1) is 0 Å². The van der Waals surface area contributed by atoms with Crippen molar-refractivity contribution in [3.8, 4) is 5.75 Å². The highest BCUT2D eigenvalue weighted by Crippen LogP contribution is 2.37. The van der Waals surface area contributed by atoms with E-state index >= 15 is 0 Å². The standard InChI is InChI=1S/C20H21NO4/c1-11-17(19(23)21-20(3,4)5)15-10-16(25-12(2)22)13-8-6-7-9-14(13)18(15)24-11/h6-10H,1-5H3,(H,21,23). The van der Waals surface area contributed by atoms with E-state index in [2.05, 4.69) is 5.32 Å². The maximum atomic E-state index is 12.7. The van der Waals surface area contributed by atoms with Gasteiger partial charge in [-0.2, -0.15) is 0 Å². The van der Waals surface area contributed by atoms with Gasteiger partial charge < -0.3 is 14.5 Å². The summed E-state index contributed by atoms with van der Waals surface area (Å²) in [7, 11) is 0. The average molecular weight is 339 g/mol. The summed E-state index contributed by atoms with van der Waals surface area (Å²) in [5.41, 5.74) is 0.704. The van der Waals surface area contributed by atoms with E-state index in [0.29, 0.717) is 28.0 Å². The van der Waals surface area contributed by atoms with Gasteiger partial charge in [-0.1, -0.05) is 24.3 Å². The molecule has 1 N–H and O–H groups in total. The predicted octanol–water partition coefficient (Wildman–Crippen LogP) is 4.35. The molecule has 0 fully saturated rings. The summed E-state index contributed by atoms with van der Waals surface area (Å²) in [6.07, 6.45) is 0. The molecule has 0 saturated heterocycles. The molecule has 0 spiro atoms. The first kappa shape index (κ1) is 17.0. The SMILES string of the molecule is CC(=O)Oc1cc2c(C(=O)NC(C)(C)C)c(C)oc2c2ccccc12. The lowest BCUT2D eigenvalue weighted by atomic mass is 10.0. The van der Waals surface area contributed by atoms with E-state index in [-0.39, 0.29) is 11.4 Å². The number of hydrogen-bond donors (Lipinski definition) is 1. The van der Waals surface area contributed by atoms with Crippen molar-refractivity contribution >= 4 is 33.6 Å². The minimum atomic E-state index is -0.412. The van der Waals surface area contributed by atoms with Crippen LogP contribution in [-0.4, -0.2) is 17.4 Å². The lowest BCUT2D eigenvalue weighted by Gasteiger charge is -2.20. The van der Waals surface area contributed by atoms with Crippen molar-refractivity contribution in [3.63, 3.8) is 0 Å². The number of benzene rings is 2. The Bertz CT molecular complexity index is 992. The van der Waals surface area contributed by atoms with Crippen LogP contribution in [0.15, 0.2) is 34.7 Å². The summed E-state index contributed by atoms with van der Waals surface area (Å²) in [5, 5.41) is 5.16. The largest absolute Gasteiger partial charge is 0.460 e. The minimum absolute atomic E-state index is 0.215. The molecular weight excluding hydrogens is 318 g/mol. The maximum Gasteiger partial charge on any atom is 0.308 e. The monoisotopic (exact) mass is 339 g/mol. The Hall–Kier alpha value is -2.82. The molecule has 0 radical (unpaired) electrons.